The lowest BCUT2D eigenvalue weighted by Gasteiger charge is -2.23. The minimum absolute atomic E-state index is 0.0645. The van der Waals surface area contributed by atoms with Gasteiger partial charge in [0.1, 0.15) is 0 Å². The zero-order valence-corrected chi connectivity index (χ0v) is 11.4. The van der Waals surface area contributed by atoms with Crippen molar-refractivity contribution in [2.45, 2.75) is 78.4 Å². The Kier molecular flexibility index (Phi) is 8.96. The molecule has 0 heterocycles. The lowest BCUT2D eigenvalue weighted by atomic mass is 9.86. The van der Waals surface area contributed by atoms with Gasteiger partial charge in [0.05, 0.1) is 12.2 Å². The summed E-state index contributed by atoms with van der Waals surface area (Å²) in [5.74, 6) is 1.23. The molecule has 1 saturated carbocycles. The Bertz CT molecular complexity index is 141. The van der Waals surface area contributed by atoms with Crippen molar-refractivity contribution in [3.63, 3.8) is 0 Å². The van der Waals surface area contributed by atoms with E-state index in [0.29, 0.717) is 11.8 Å². The molecular formula is C14H30O2. The van der Waals surface area contributed by atoms with Crippen LogP contribution in [0.4, 0.5) is 0 Å². The molecule has 0 bridgehead atoms. The van der Waals surface area contributed by atoms with E-state index in [1.165, 1.54) is 32.1 Å². The lowest BCUT2D eigenvalue weighted by molar-refractivity contribution is 0.101. The van der Waals surface area contributed by atoms with Crippen LogP contribution in [-0.4, -0.2) is 22.4 Å². The Labute approximate surface area is 101 Å². The van der Waals surface area contributed by atoms with Gasteiger partial charge >= 0.3 is 0 Å². The molecule has 1 rings (SSSR count). The third-order valence-electron chi connectivity index (χ3n) is 3.14. The van der Waals surface area contributed by atoms with E-state index in [0.717, 1.165) is 6.42 Å². The molecule has 0 spiro atoms. The van der Waals surface area contributed by atoms with Gasteiger partial charge in [0, 0.05) is 0 Å². The smallest absolute Gasteiger partial charge is 0.0540 e. The molecule has 2 N–H and O–H groups in total. The average molecular weight is 230 g/mol. The van der Waals surface area contributed by atoms with E-state index >= 15 is 0 Å². The van der Waals surface area contributed by atoms with Crippen LogP contribution in [-0.2, 0) is 0 Å². The second-order valence-corrected chi connectivity index (χ2v) is 5.62. The summed E-state index contributed by atoms with van der Waals surface area (Å²) in [6, 6.07) is 0. The minimum Gasteiger partial charge on any atom is -0.393 e. The van der Waals surface area contributed by atoms with Gasteiger partial charge < -0.3 is 10.2 Å². The number of aliphatic hydroxyl groups excluding tert-OH is 2. The van der Waals surface area contributed by atoms with Gasteiger partial charge in [0.15, 0.2) is 0 Å². The Morgan fingerprint density at radius 3 is 1.62 bits per heavy atom. The third-order valence-corrected chi connectivity index (χ3v) is 3.14. The van der Waals surface area contributed by atoms with Crippen molar-refractivity contribution in [2.75, 3.05) is 0 Å². The average Bonchev–Trinajstić information content (AvgIpc) is 2.17. The number of rotatable bonds is 3. The SMILES string of the molecule is CC(C)CC(C)O.CC(O)C1CCCCC1. The van der Waals surface area contributed by atoms with Crippen LogP contribution >= 0.6 is 0 Å². The molecule has 2 nitrogen and oxygen atoms in total. The predicted octanol–water partition coefficient (Wildman–Crippen LogP) is 3.36. The monoisotopic (exact) mass is 230 g/mol. The highest BCUT2D eigenvalue weighted by Crippen LogP contribution is 2.25. The summed E-state index contributed by atoms with van der Waals surface area (Å²) < 4.78 is 0. The normalized spacial score (nSPS) is 21.2. The van der Waals surface area contributed by atoms with Crippen molar-refractivity contribution in [1.29, 1.82) is 0 Å². The fourth-order valence-corrected chi connectivity index (χ4v) is 2.30. The fourth-order valence-electron chi connectivity index (χ4n) is 2.30. The molecule has 0 aromatic heterocycles. The van der Waals surface area contributed by atoms with Gasteiger partial charge in [-0.05, 0) is 44.9 Å². The predicted molar refractivity (Wildman–Crippen MR) is 69.4 cm³/mol. The van der Waals surface area contributed by atoms with Crippen molar-refractivity contribution < 1.29 is 10.2 Å². The molecular weight excluding hydrogens is 200 g/mol. The maximum absolute atomic E-state index is 9.18. The van der Waals surface area contributed by atoms with Gasteiger partial charge in [-0.15, -0.1) is 0 Å². The molecule has 0 amide bonds. The maximum Gasteiger partial charge on any atom is 0.0540 e. The number of aliphatic hydroxyl groups is 2. The molecule has 0 aromatic rings. The number of hydrogen-bond donors (Lipinski definition) is 2. The molecule has 2 atom stereocenters. The summed E-state index contributed by atoms with van der Waals surface area (Å²) in [4.78, 5) is 0. The number of hydrogen-bond acceptors (Lipinski definition) is 2. The molecule has 98 valence electrons. The third kappa shape index (κ3) is 9.17. The van der Waals surface area contributed by atoms with E-state index in [-0.39, 0.29) is 12.2 Å². The summed E-state index contributed by atoms with van der Waals surface area (Å²) in [6.45, 7) is 7.94. The van der Waals surface area contributed by atoms with E-state index in [9.17, 15) is 5.11 Å². The molecule has 2 unspecified atom stereocenters. The molecule has 0 aliphatic heterocycles. The van der Waals surface area contributed by atoms with E-state index in [1.807, 2.05) is 13.8 Å². The van der Waals surface area contributed by atoms with Crippen molar-refractivity contribution >= 4 is 0 Å². The zero-order chi connectivity index (χ0) is 12.6. The first kappa shape index (κ1) is 15.9. The van der Waals surface area contributed by atoms with E-state index in [2.05, 4.69) is 13.8 Å². The highest BCUT2D eigenvalue weighted by atomic mass is 16.3. The van der Waals surface area contributed by atoms with Crippen LogP contribution in [0.3, 0.4) is 0 Å². The van der Waals surface area contributed by atoms with Crippen molar-refractivity contribution in [2.24, 2.45) is 11.8 Å². The first-order chi connectivity index (χ1) is 7.43. The Hall–Kier alpha value is -0.0800. The Morgan fingerprint density at radius 2 is 1.44 bits per heavy atom. The molecule has 0 radical (unpaired) electrons. The van der Waals surface area contributed by atoms with Crippen LogP contribution in [0, 0.1) is 11.8 Å². The van der Waals surface area contributed by atoms with E-state index in [1.54, 1.807) is 0 Å². The second-order valence-electron chi connectivity index (χ2n) is 5.62. The van der Waals surface area contributed by atoms with Crippen LogP contribution in [0.1, 0.15) is 66.2 Å². The topological polar surface area (TPSA) is 40.5 Å². The fraction of sp³-hybridized carbons (Fsp3) is 1.00. The largest absolute Gasteiger partial charge is 0.393 e. The van der Waals surface area contributed by atoms with Crippen molar-refractivity contribution in [1.82, 2.24) is 0 Å². The van der Waals surface area contributed by atoms with Gasteiger partial charge in [-0.25, -0.2) is 0 Å². The molecule has 2 heteroatoms. The Morgan fingerprint density at radius 1 is 0.938 bits per heavy atom. The molecule has 0 aromatic carbocycles. The summed E-state index contributed by atoms with van der Waals surface area (Å²) >= 11 is 0. The standard InChI is InChI=1S/C8H16O.C6H14O/c1-7(9)8-5-3-2-4-6-8;1-5(2)4-6(3)7/h7-9H,2-6H2,1H3;5-7H,4H2,1-3H3. The van der Waals surface area contributed by atoms with Crippen molar-refractivity contribution in [3.05, 3.63) is 0 Å². The molecule has 1 aliphatic carbocycles. The summed E-state index contributed by atoms with van der Waals surface area (Å²) in [5, 5.41) is 17.9. The van der Waals surface area contributed by atoms with Gasteiger partial charge in [-0.1, -0.05) is 33.1 Å². The molecule has 0 saturated heterocycles. The molecule has 1 fully saturated rings. The van der Waals surface area contributed by atoms with Gasteiger partial charge in [-0.3, -0.25) is 0 Å². The van der Waals surface area contributed by atoms with Crippen LogP contribution < -0.4 is 0 Å². The zero-order valence-electron chi connectivity index (χ0n) is 11.4. The van der Waals surface area contributed by atoms with Gasteiger partial charge in [0.25, 0.3) is 0 Å². The van der Waals surface area contributed by atoms with Crippen LogP contribution in [0.25, 0.3) is 0 Å². The summed E-state index contributed by atoms with van der Waals surface area (Å²) in [7, 11) is 0. The second kappa shape index (κ2) is 9.00. The quantitative estimate of drug-likeness (QED) is 0.780. The van der Waals surface area contributed by atoms with Crippen molar-refractivity contribution in [3.8, 4) is 0 Å². The highest BCUT2D eigenvalue weighted by Gasteiger charge is 2.17. The van der Waals surface area contributed by atoms with Gasteiger partial charge in [0.2, 0.25) is 0 Å². The summed E-state index contributed by atoms with van der Waals surface area (Å²) in [6.07, 6.45) is 7.26. The molecule has 1 aliphatic rings. The first-order valence-electron chi connectivity index (χ1n) is 6.79. The summed E-state index contributed by atoms with van der Waals surface area (Å²) in [5.41, 5.74) is 0. The first-order valence-corrected chi connectivity index (χ1v) is 6.79. The van der Waals surface area contributed by atoms with Crippen LogP contribution in [0.15, 0.2) is 0 Å². The van der Waals surface area contributed by atoms with Crippen LogP contribution in [0.5, 0.6) is 0 Å². The van der Waals surface area contributed by atoms with Gasteiger partial charge in [-0.2, -0.15) is 0 Å². The lowest BCUT2D eigenvalue weighted by Crippen LogP contribution is -2.19. The molecule has 16 heavy (non-hydrogen) atoms. The van der Waals surface area contributed by atoms with Crippen LogP contribution in [0.2, 0.25) is 0 Å². The maximum atomic E-state index is 9.18. The van der Waals surface area contributed by atoms with E-state index < -0.39 is 0 Å². The van der Waals surface area contributed by atoms with E-state index in [4.69, 9.17) is 5.11 Å². The minimum atomic E-state index is -0.125. The Balaban J connectivity index is 0.000000293. The highest BCUT2D eigenvalue weighted by molar-refractivity contribution is 4.69.